The van der Waals surface area contributed by atoms with E-state index in [9.17, 15) is 18.4 Å². The zero-order valence-corrected chi connectivity index (χ0v) is 18.2. The Morgan fingerprint density at radius 2 is 2.09 bits per heavy atom. The summed E-state index contributed by atoms with van der Waals surface area (Å²) >= 11 is 0. The van der Waals surface area contributed by atoms with Crippen LogP contribution in [0.25, 0.3) is 10.8 Å². The van der Waals surface area contributed by atoms with Crippen molar-refractivity contribution in [2.24, 2.45) is 0 Å². The van der Waals surface area contributed by atoms with Gasteiger partial charge < -0.3 is 24.3 Å². The number of alkyl halides is 1. The van der Waals surface area contributed by atoms with Gasteiger partial charge in [0.15, 0.2) is 17.9 Å². The van der Waals surface area contributed by atoms with Crippen LogP contribution in [0.2, 0.25) is 0 Å². The number of nitrogens with one attached hydrogen (secondary N) is 1. The molecule has 9 nitrogen and oxygen atoms in total. The molecule has 4 unspecified atom stereocenters. The maximum absolute atomic E-state index is 14.5. The van der Waals surface area contributed by atoms with Crippen molar-refractivity contribution < 1.29 is 27.4 Å². The van der Waals surface area contributed by atoms with Gasteiger partial charge in [-0.3, -0.25) is 4.57 Å². The zero-order valence-electron chi connectivity index (χ0n) is 17.3. The molecule has 174 valence electrons. The molecule has 1 aromatic heterocycles. The number of hydrogen-bond donors (Lipinski definition) is 2. The van der Waals surface area contributed by atoms with Crippen molar-refractivity contribution in [2.45, 2.75) is 24.9 Å². The lowest BCUT2D eigenvalue weighted by molar-refractivity contribution is -0.106. The second-order valence-electron chi connectivity index (χ2n) is 7.25. The Labute approximate surface area is 188 Å². The van der Waals surface area contributed by atoms with Gasteiger partial charge in [0, 0.05) is 6.42 Å². The molecule has 3 N–H and O–H groups in total. The number of hydrogen-bond acceptors (Lipinski definition) is 8. The number of halogens is 2. The minimum absolute atomic E-state index is 0.00898. The first-order chi connectivity index (χ1) is 15.9. The molecule has 33 heavy (non-hydrogen) atoms. The highest BCUT2D eigenvalue weighted by Crippen LogP contribution is 2.38. The van der Waals surface area contributed by atoms with Gasteiger partial charge in [-0.2, -0.15) is 4.98 Å². The zero-order chi connectivity index (χ0) is 23.4. The summed E-state index contributed by atoms with van der Waals surface area (Å²) < 4.78 is 46.2. The highest BCUT2D eigenvalue weighted by Gasteiger charge is 2.38. The fraction of sp³-hybridized carbons (Fsp3) is 0.286. The third-order valence-electron chi connectivity index (χ3n) is 4.93. The van der Waals surface area contributed by atoms with Crippen molar-refractivity contribution in [3.63, 3.8) is 0 Å². The summed E-state index contributed by atoms with van der Waals surface area (Å²) in [6.07, 6.45) is -2.33. The molecule has 0 spiro atoms. The Bertz CT molecular complexity index is 1200. The van der Waals surface area contributed by atoms with E-state index < -0.39 is 44.4 Å². The Kier molecular flexibility index (Phi) is 7.24. The van der Waals surface area contributed by atoms with E-state index in [0.717, 1.165) is 21.5 Å². The molecule has 0 amide bonds. The monoisotopic (exact) mass is 478 g/mol. The van der Waals surface area contributed by atoms with Crippen LogP contribution in [0.4, 0.5) is 14.6 Å². The third kappa shape index (κ3) is 5.51. The molecule has 1 fully saturated rings. The molecule has 0 aliphatic carbocycles. The SMILES string of the molecule is Nc1nc(=O)n(C2OC(COP(NCC=O)Oc3ccc4ccccc4c3)CC2F)cc1F. The maximum Gasteiger partial charge on any atom is 0.351 e. The van der Waals surface area contributed by atoms with Crippen LogP contribution in [0, 0.1) is 5.82 Å². The lowest BCUT2D eigenvalue weighted by Gasteiger charge is -2.20. The quantitative estimate of drug-likeness (QED) is 0.356. The Hall–Kier alpha value is -2.98. The Balaban J connectivity index is 1.41. The van der Waals surface area contributed by atoms with Crippen molar-refractivity contribution in [3.8, 4) is 5.75 Å². The number of aldehydes is 1. The van der Waals surface area contributed by atoms with E-state index in [1.807, 2.05) is 36.4 Å². The van der Waals surface area contributed by atoms with Crippen LogP contribution >= 0.6 is 8.53 Å². The average Bonchev–Trinajstić information content (AvgIpc) is 3.18. The number of nitrogen functional groups attached to an aromatic ring is 1. The summed E-state index contributed by atoms with van der Waals surface area (Å²) in [7, 11) is -1.75. The number of carbonyl (C=O) groups excluding carboxylic acids is 1. The smallest absolute Gasteiger partial charge is 0.351 e. The molecule has 0 saturated carbocycles. The van der Waals surface area contributed by atoms with Gasteiger partial charge in [0.2, 0.25) is 0 Å². The lowest BCUT2D eigenvalue weighted by atomic mass is 10.1. The molecule has 2 aromatic carbocycles. The number of nitrogens with two attached hydrogens (primary N) is 1. The van der Waals surface area contributed by atoms with E-state index in [0.29, 0.717) is 12.0 Å². The summed E-state index contributed by atoms with van der Waals surface area (Å²) in [6.45, 7) is -0.0906. The predicted molar refractivity (Wildman–Crippen MR) is 118 cm³/mol. The standard InChI is InChI=1S/C21H21F2N4O5P/c22-17-10-16(31-20(17)27-11-18(23)19(24)26-21(27)29)12-30-33(25-7-8-28)32-15-6-5-13-3-1-2-4-14(13)9-15/h1-6,8-9,11,16-17,20,25H,7,10,12H2,(H2,24,26,29). The van der Waals surface area contributed by atoms with Crippen molar-refractivity contribution >= 4 is 31.4 Å². The summed E-state index contributed by atoms with van der Waals surface area (Å²) in [5.41, 5.74) is 4.35. The van der Waals surface area contributed by atoms with Crippen LogP contribution in [0.15, 0.2) is 53.5 Å². The predicted octanol–water partition coefficient (Wildman–Crippen LogP) is 2.85. The molecular formula is C21H21F2N4O5P. The van der Waals surface area contributed by atoms with E-state index in [1.54, 1.807) is 6.07 Å². The average molecular weight is 478 g/mol. The summed E-state index contributed by atoms with van der Waals surface area (Å²) in [4.78, 5) is 26.1. The van der Waals surface area contributed by atoms with Crippen molar-refractivity contribution in [3.05, 3.63) is 65.0 Å². The topological polar surface area (TPSA) is 118 Å². The van der Waals surface area contributed by atoms with Gasteiger partial charge in [-0.15, -0.1) is 0 Å². The van der Waals surface area contributed by atoms with Crippen LogP contribution in [0.3, 0.4) is 0 Å². The second kappa shape index (κ2) is 10.3. The summed E-state index contributed by atoms with van der Waals surface area (Å²) in [6, 6.07) is 13.3. The molecule has 4 atom stereocenters. The molecule has 0 radical (unpaired) electrons. The van der Waals surface area contributed by atoms with Gasteiger partial charge in [-0.1, -0.05) is 30.3 Å². The molecular weight excluding hydrogens is 457 g/mol. The van der Waals surface area contributed by atoms with Crippen LogP contribution < -0.4 is 21.0 Å². The molecule has 1 aliphatic heterocycles. The van der Waals surface area contributed by atoms with Crippen molar-refractivity contribution in [2.75, 3.05) is 18.9 Å². The van der Waals surface area contributed by atoms with Crippen LogP contribution in [-0.2, 0) is 14.1 Å². The minimum Gasteiger partial charge on any atom is -0.436 e. The first-order valence-electron chi connectivity index (χ1n) is 10.0. The number of benzene rings is 2. The van der Waals surface area contributed by atoms with E-state index in [-0.39, 0.29) is 19.6 Å². The molecule has 1 saturated heterocycles. The number of ether oxygens (including phenoxy) is 1. The molecule has 0 bridgehead atoms. The lowest BCUT2D eigenvalue weighted by Crippen LogP contribution is -2.31. The number of carbonyl (C=O) groups is 1. The van der Waals surface area contributed by atoms with E-state index in [2.05, 4.69) is 10.1 Å². The Morgan fingerprint density at radius 3 is 2.88 bits per heavy atom. The maximum atomic E-state index is 14.5. The molecule has 12 heteroatoms. The van der Waals surface area contributed by atoms with Gasteiger partial charge >= 0.3 is 14.2 Å². The highest BCUT2D eigenvalue weighted by atomic mass is 31.2. The van der Waals surface area contributed by atoms with Crippen molar-refractivity contribution in [1.82, 2.24) is 14.6 Å². The summed E-state index contributed by atoms with van der Waals surface area (Å²) in [5.74, 6) is -0.987. The third-order valence-corrected chi connectivity index (χ3v) is 6.13. The highest BCUT2D eigenvalue weighted by molar-refractivity contribution is 7.45. The first-order valence-corrected chi connectivity index (χ1v) is 11.2. The minimum atomic E-state index is -1.75. The van der Waals surface area contributed by atoms with E-state index >= 15 is 0 Å². The second-order valence-corrected chi connectivity index (χ2v) is 8.52. The largest absolute Gasteiger partial charge is 0.436 e. The first kappa shape index (κ1) is 23.2. The number of anilines is 1. The van der Waals surface area contributed by atoms with E-state index in [1.165, 1.54) is 0 Å². The van der Waals surface area contributed by atoms with Crippen LogP contribution in [0.5, 0.6) is 5.75 Å². The molecule has 1 aliphatic rings. The van der Waals surface area contributed by atoms with E-state index in [4.69, 9.17) is 19.5 Å². The van der Waals surface area contributed by atoms with Gasteiger partial charge in [0.05, 0.1) is 25.5 Å². The van der Waals surface area contributed by atoms with Gasteiger partial charge in [-0.05, 0) is 22.9 Å². The van der Waals surface area contributed by atoms with Gasteiger partial charge in [0.25, 0.3) is 0 Å². The van der Waals surface area contributed by atoms with Crippen LogP contribution in [-0.4, -0.2) is 41.3 Å². The summed E-state index contributed by atoms with van der Waals surface area (Å²) in [5, 5.41) is 4.85. The number of nitrogens with zero attached hydrogens (tertiary/aromatic N) is 2. The van der Waals surface area contributed by atoms with Gasteiger partial charge in [0.1, 0.15) is 18.2 Å². The van der Waals surface area contributed by atoms with Crippen molar-refractivity contribution in [1.29, 1.82) is 0 Å². The number of fused-ring (bicyclic) bond motifs is 1. The van der Waals surface area contributed by atoms with Gasteiger partial charge in [-0.25, -0.2) is 18.7 Å². The fourth-order valence-electron chi connectivity index (χ4n) is 3.38. The van der Waals surface area contributed by atoms with Crippen LogP contribution in [0.1, 0.15) is 12.6 Å². The molecule has 4 rings (SSSR count). The molecule has 3 aromatic rings. The molecule has 2 heterocycles. The number of rotatable bonds is 9. The Morgan fingerprint density at radius 1 is 1.30 bits per heavy atom. The fourth-order valence-corrected chi connectivity index (χ4v) is 4.42. The normalized spacial score (nSPS) is 21.2. The number of aromatic nitrogens is 2.